The smallest absolute Gasteiger partial charge is 0.252 e. The minimum Gasteiger partial charge on any atom is -0.496 e. The van der Waals surface area contributed by atoms with Crippen molar-refractivity contribution in [2.24, 2.45) is 0 Å². The van der Waals surface area contributed by atoms with Gasteiger partial charge in [-0.1, -0.05) is 30.3 Å². The van der Waals surface area contributed by atoms with Crippen molar-refractivity contribution in [3.8, 4) is 34.3 Å². The summed E-state index contributed by atoms with van der Waals surface area (Å²) in [4.78, 5) is 26.7. The van der Waals surface area contributed by atoms with Crippen molar-refractivity contribution in [3.05, 3.63) is 82.0 Å². The molecule has 12 nitrogen and oxygen atoms in total. The van der Waals surface area contributed by atoms with Crippen molar-refractivity contribution in [2.45, 2.75) is 37.1 Å². The number of ether oxygens (including phenoxy) is 5. The summed E-state index contributed by atoms with van der Waals surface area (Å²) in [6.07, 6.45) is -8.27. The fraction of sp³-hybridized carbons (Fsp3) is 0.312. The van der Waals surface area contributed by atoms with Crippen molar-refractivity contribution in [1.82, 2.24) is 5.32 Å². The maximum absolute atomic E-state index is 13.6. The van der Waals surface area contributed by atoms with Gasteiger partial charge in [-0.2, -0.15) is 0 Å². The van der Waals surface area contributed by atoms with Crippen LogP contribution in [0.5, 0.6) is 23.0 Å². The number of aliphatic hydroxyl groups excluding tert-OH is 3. The van der Waals surface area contributed by atoms with Crippen molar-refractivity contribution in [1.29, 1.82) is 0 Å². The highest BCUT2D eigenvalue weighted by atomic mass is 16.5. The van der Waals surface area contributed by atoms with Gasteiger partial charge in [-0.05, 0) is 23.8 Å². The Morgan fingerprint density at radius 1 is 0.818 bits per heavy atom. The van der Waals surface area contributed by atoms with Crippen LogP contribution in [0, 0.1) is 0 Å². The summed E-state index contributed by atoms with van der Waals surface area (Å²) < 4.78 is 34.0. The Morgan fingerprint density at radius 3 is 2.18 bits per heavy atom. The summed E-state index contributed by atoms with van der Waals surface area (Å²) in [5.74, 6) is 0.474. The zero-order valence-electron chi connectivity index (χ0n) is 24.5. The van der Waals surface area contributed by atoms with Crippen molar-refractivity contribution >= 4 is 16.9 Å². The van der Waals surface area contributed by atoms with Gasteiger partial charge in [0.15, 0.2) is 23.0 Å². The van der Waals surface area contributed by atoms with Crippen LogP contribution in [0.2, 0.25) is 0 Å². The predicted molar refractivity (Wildman–Crippen MR) is 158 cm³/mol. The van der Waals surface area contributed by atoms with Crippen LogP contribution in [0.4, 0.5) is 0 Å². The molecule has 1 aromatic heterocycles. The second kappa shape index (κ2) is 12.9. The van der Waals surface area contributed by atoms with E-state index in [9.17, 15) is 24.9 Å². The molecule has 0 aliphatic carbocycles. The number of hydrogen-bond donors (Lipinski definition) is 4. The topological polar surface area (TPSA) is 166 Å². The van der Waals surface area contributed by atoms with Gasteiger partial charge in [-0.15, -0.1) is 0 Å². The second-order valence-electron chi connectivity index (χ2n) is 10.1. The van der Waals surface area contributed by atoms with Crippen LogP contribution >= 0.6 is 0 Å². The van der Waals surface area contributed by atoms with E-state index in [1.54, 1.807) is 18.2 Å². The molecule has 0 bridgehead atoms. The van der Waals surface area contributed by atoms with Crippen LogP contribution in [0.25, 0.3) is 22.3 Å². The number of aliphatic hydroxyl groups is 3. The van der Waals surface area contributed by atoms with Gasteiger partial charge in [0, 0.05) is 24.2 Å². The third kappa shape index (κ3) is 5.67. The number of carbonyl (C=O) groups is 1. The third-order valence-electron chi connectivity index (χ3n) is 7.53. The molecule has 1 amide bonds. The van der Waals surface area contributed by atoms with Crippen LogP contribution < -0.4 is 29.7 Å². The van der Waals surface area contributed by atoms with Gasteiger partial charge in [-0.25, -0.2) is 0 Å². The molecule has 44 heavy (non-hydrogen) atoms. The minimum atomic E-state index is -1.78. The van der Waals surface area contributed by atoms with Gasteiger partial charge in [0.1, 0.15) is 52.6 Å². The third-order valence-corrected chi connectivity index (χ3v) is 7.53. The number of methoxy groups -OCH3 is 4. The number of hydrogen-bond acceptors (Lipinski definition) is 11. The highest BCUT2D eigenvalue weighted by Crippen LogP contribution is 2.46. The molecule has 0 saturated carbocycles. The lowest BCUT2D eigenvalue weighted by Gasteiger charge is -2.40. The van der Waals surface area contributed by atoms with E-state index in [1.807, 2.05) is 30.3 Å². The molecule has 1 aliphatic heterocycles. The molecule has 5 atom stereocenters. The van der Waals surface area contributed by atoms with E-state index in [0.717, 1.165) is 5.56 Å². The fourth-order valence-electron chi connectivity index (χ4n) is 5.28. The molecule has 232 valence electrons. The van der Waals surface area contributed by atoms with E-state index in [2.05, 4.69) is 5.32 Å². The molecule has 12 heteroatoms. The first kappa shape index (κ1) is 30.8. The van der Waals surface area contributed by atoms with E-state index in [0.29, 0.717) is 17.1 Å². The van der Waals surface area contributed by atoms with Crippen LogP contribution in [0.3, 0.4) is 0 Å². The first-order chi connectivity index (χ1) is 21.2. The van der Waals surface area contributed by atoms with Crippen molar-refractivity contribution < 1.29 is 48.2 Å². The number of rotatable bonds is 9. The van der Waals surface area contributed by atoms with E-state index in [4.69, 9.17) is 28.1 Å². The van der Waals surface area contributed by atoms with Gasteiger partial charge in [-0.3, -0.25) is 9.59 Å². The highest BCUT2D eigenvalue weighted by molar-refractivity contribution is 5.89. The van der Waals surface area contributed by atoms with Gasteiger partial charge < -0.3 is 48.7 Å². The minimum absolute atomic E-state index is 0.00835. The molecule has 2 heterocycles. The first-order valence-corrected chi connectivity index (χ1v) is 13.7. The van der Waals surface area contributed by atoms with Crippen LogP contribution in [0.15, 0.2) is 69.9 Å². The van der Waals surface area contributed by atoms with Crippen LogP contribution in [-0.2, 0) is 16.1 Å². The zero-order chi connectivity index (χ0) is 31.5. The quantitative estimate of drug-likeness (QED) is 0.221. The van der Waals surface area contributed by atoms with Gasteiger partial charge >= 0.3 is 0 Å². The number of amides is 1. The van der Waals surface area contributed by atoms with E-state index in [1.165, 1.54) is 40.6 Å². The lowest BCUT2D eigenvalue weighted by Crippen LogP contribution is -2.58. The van der Waals surface area contributed by atoms with E-state index < -0.39 is 41.9 Å². The van der Waals surface area contributed by atoms with Gasteiger partial charge in [0.05, 0.1) is 34.0 Å². The Bertz CT molecular complexity index is 1700. The Morgan fingerprint density at radius 2 is 1.52 bits per heavy atom. The maximum Gasteiger partial charge on any atom is 0.252 e. The molecule has 5 rings (SSSR count). The predicted octanol–water partition coefficient (Wildman–Crippen LogP) is 2.33. The molecule has 3 aromatic carbocycles. The molecule has 0 radical (unpaired) electrons. The maximum atomic E-state index is 13.6. The normalized spacial score (nSPS) is 21.5. The summed E-state index contributed by atoms with van der Waals surface area (Å²) in [6, 6.07) is 16.8. The van der Waals surface area contributed by atoms with E-state index >= 15 is 0 Å². The molecule has 1 fully saturated rings. The van der Waals surface area contributed by atoms with Crippen molar-refractivity contribution in [2.75, 3.05) is 28.4 Å². The Labute approximate surface area is 252 Å². The Balaban J connectivity index is 1.56. The second-order valence-corrected chi connectivity index (χ2v) is 10.1. The average Bonchev–Trinajstić information content (AvgIpc) is 3.05. The summed E-state index contributed by atoms with van der Waals surface area (Å²) in [5, 5.41) is 35.2. The summed E-state index contributed by atoms with van der Waals surface area (Å²) >= 11 is 0. The number of nitrogens with one attached hydrogen (secondary N) is 1. The number of fused-ring (bicyclic) bond motifs is 1. The van der Waals surface area contributed by atoms with Crippen LogP contribution in [0.1, 0.15) is 17.2 Å². The molecule has 4 N–H and O–H groups in total. The summed E-state index contributed by atoms with van der Waals surface area (Å²) in [7, 11) is 5.66. The Hall–Kier alpha value is -4.62. The summed E-state index contributed by atoms with van der Waals surface area (Å²) in [5.41, 5.74) is 1.01. The number of benzene rings is 3. The molecule has 5 unspecified atom stereocenters. The molecule has 0 spiro atoms. The standard InChI is InChI=1S/C32H33NO11/c1-39-19-11-10-17(12-21(19)40-2)20-13-18(34)24-23(43-20)14-22(41-3)25(29(24)42-4)30-27(36)26(35)28(37)31(44-30)32(38)33-15-16-8-6-5-7-9-16/h5-14,26-28,30-31,35-37H,15H2,1-4H3,(H,33,38). The SMILES string of the molecule is COc1ccc(-c2cc(=O)c3c(OC)c(C4OC(C(=O)NCc5ccccc5)C(O)C(O)C4O)c(OC)cc3o2)cc1OC. The highest BCUT2D eigenvalue weighted by Gasteiger charge is 2.49. The average molecular weight is 608 g/mol. The van der Waals surface area contributed by atoms with Gasteiger partial charge in [0.2, 0.25) is 0 Å². The molecular weight excluding hydrogens is 574 g/mol. The molecule has 1 saturated heterocycles. The monoisotopic (exact) mass is 607 g/mol. The molecule has 1 aliphatic rings. The largest absolute Gasteiger partial charge is 0.496 e. The molecular formula is C32H33NO11. The van der Waals surface area contributed by atoms with Crippen LogP contribution in [-0.4, -0.2) is 74.1 Å². The first-order valence-electron chi connectivity index (χ1n) is 13.7. The van der Waals surface area contributed by atoms with Gasteiger partial charge in [0.25, 0.3) is 5.91 Å². The van der Waals surface area contributed by atoms with E-state index in [-0.39, 0.29) is 40.3 Å². The lowest BCUT2D eigenvalue weighted by molar-refractivity contribution is -0.223. The summed E-state index contributed by atoms with van der Waals surface area (Å²) in [6.45, 7) is 0.141. The number of carbonyl (C=O) groups excluding carboxylic acids is 1. The lowest BCUT2D eigenvalue weighted by atomic mass is 9.89. The fourth-order valence-corrected chi connectivity index (χ4v) is 5.28. The Kier molecular flexibility index (Phi) is 9.06. The van der Waals surface area contributed by atoms with Crippen molar-refractivity contribution in [3.63, 3.8) is 0 Å². The zero-order valence-corrected chi connectivity index (χ0v) is 24.5. The molecule has 4 aromatic rings.